The fourth-order valence-corrected chi connectivity index (χ4v) is 3.99. The Morgan fingerprint density at radius 3 is 2.24 bits per heavy atom. The minimum absolute atomic E-state index is 0.0603. The molecule has 0 saturated carbocycles. The predicted molar refractivity (Wildman–Crippen MR) is 138 cm³/mol. The van der Waals surface area contributed by atoms with Crippen molar-refractivity contribution in [2.24, 2.45) is 7.05 Å². The number of carboxylic acids is 1. The number of carboxylic acid groups (broad SMARTS) is 1. The van der Waals surface area contributed by atoms with E-state index in [-0.39, 0.29) is 13.0 Å². The van der Waals surface area contributed by atoms with Crippen molar-refractivity contribution >= 4 is 23.1 Å². The Balaban J connectivity index is 1.44. The first-order valence-corrected chi connectivity index (χ1v) is 11.9. The van der Waals surface area contributed by atoms with E-state index in [1.807, 2.05) is 35.9 Å². The summed E-state index contributed by atoms with van der Waals surface area (Å²) in [6.07, 6.45) is -0.520. The molecular formula is C28H29N3O6. The Kier molecular flexibility index (Phi) is 7.92. The maximum absolute atomic E-state index is 13.0. The first kappa shape index (κ1) is 25.6. The predicted octanol–water partition coefficient (Wildman–Crippen LogP) is 5.03. The molecule has 4 rings (SSSR count). The van der Waals surface area contributed by atoms with Crippen LogP contribution in [0.15, 0.2) is 72.8 Å². The van der Waals surface area contributed by atoms with Crippen LogP contribution in [0.1, 0.15) is 24.7 Å². The number of imidazole rings is 1. The highest BCUT2D eigenvalue weighted by atomic mass is 16.6. The second kappa shape index (κ2) is 11.5. The number of nitrogens with zero attached hydrogens (tertiary/aromatic N) is 3. The van der Waals surface area contributed by atoms with Crippen LogP contribution in [-0.2, 0) is 25.0 Å². The van der Waals surface area contributed by atoms with Gasteiger partial charge in [-0.25, -0.2) is 14.6 Å². The van der Waals surface area contributed by atoms with Gasteiger partial charge in [0.2, 0.25) is 0 Å². The number of carbonyl (C=O) groups excluding carboxylic acids is 1. The van der Waals surface area contributed by atoms with Gasteiger partial charge in [-0.2, -0.15) is 0 Å². The molecule has 0 spiro atoms. The second-order valence-electron chi connectivity index (χ2n) is 8.44. The molecule has 1 N–H and O–H groups in total. The fraction of sp³-hybridized carbons (Fsp3) is 0.250. The molecule has 1 amide bonds. The highest BCUT2D eigenvalue weighted by Gasteiger charge is 2.30. The van der Waals surface area contributed by atoms with E-state index in [2.05, 4.69) is 4.98 Å². The number of ether oxygens (including phenoxy) is 3. The third kappa shape index (κ3) is 6.00. The summed E-state index contributed by atoms with van der Waals surface area (Å²) in [5, 5.41) is 9.71. The number of fused-ring (bicyclic) bond motifs is 1. The van der Waals surface area contributed by atoms with Crippen LogP contribution in [-0.4, -0.2) is 44.8 Å². The van der Waals surface area contributed by atoms with Gasteiger partial charge < -0.3 is 23.9 Å². The van der Waals surface area contributed by atoms with Gasteiger partial charge >= 0.3 is 12.1 Å². The Hall–Kier alpha value is -4.53. The molecule has 0 fully saturated rings. The number of amides is 1. The number of hydrogen-bond donors (Lipinski definition) is 1. The molecule has 192 valence electrons. The SMILES string of the molecule is CCC(C(=O)O)N(Cc1ccc(OCc2nc3ccccc3n2C)cc1)C(=O)Oc1ccc(OC)cc1. The summed E-state index contributed by atoms with van der Waals surface area (Å²) in [5.41, 5.74) is 2.67. The zero-order valence-electron chi connectivity index (χ0n) is 21.0. The lowest BCUT2D eigenvalue weighted by atomic mass is 10.1. The number of carbonyl (C=O) groups is 2. The van der Waals surface area contributed by atoms with E-state index in [0.717, 1.165) is 22.4 Å². The van der Waals surface area contributed by atoms with Crippen molar-refractivity contribution in [3.8, 4) is 17.2 Å². The highest BCUT2D eigenvalue weighted by Crippen LogP contribution is 2.22. The monoisotopic (exact) mass is 503 g/mol. The molecule has 1 atom stereocenters. The van der Waals surface area contributed by atoms with Gasteiger partial charge in [-0.1, -0.05) is 31.2 Å². The van der Waals surface area contributed by atoms with Gasteiger partial charge in [-0.05, 0) is 60.5 Å². The van der Waals surface area contributed by atoms with Gasteiger partial charge in [-0.3, -0.25) is 4.90 Å². The molecule has 9 heteroatoms. The lowest BCUT2D eigenvalue weighted by Crippen LogP contribution is -2.45. The van der Waals surface area contributed by atoms with Crippen molar-refractivity contribution in [2.75, 3.05) is 7.11 Å². The van der Waals surface area contributed by atoms with Gasteiger partial charge in [0.15, 0.2) is 0 Å². The third-order valence-corrected chi connectivity index (χ3v) is 6.07. The number of benzene rings is 3. The van der Waals surface area contributed by atoms with E-state index >= 15 is 0 Å². The smallest absolute Gasteiger partial charge is 0.416 e. The Morgan fingerprint density at radius 2 is 1.62 bits per heavy atom. The molecule has 37 heavy (non-hydrogen) atoms. The summed E-state index contributed by atoms with van der Waals surface area (Å²) in [7, 11) is 3.49. The van der Waals surface area contributed by atoms with Gasteiger partial charge in [0.1, 0.15) is 35.7 Å². The summed E-state index contributed by atoms with van der Waals surface area (Å²) in [6, 6.07) is 20.5. The Morgan fingerprint density at radius 1 is 0.973 bits per heavy atom. The third-order valence-electron chi connectivity index (χ3n) is 6.07. The van der Waals surface area contributed by atoms with E-state index in [4.69, 9.17) is 14.2 Å². The number of aryl methyl sites for hydroxylation is 1. The maximum atomic E-state index is 13.0. The van der Waals surface area contributed by atoms with Crippen LogP contribution in [0.2, 0.25) is 0 Å². The van der Waals surface area contributed by atoms with E-state index < -0.39 is 18.1 Å². The number of hydrogen-bond acceptors (Lipinski definition) is 6. The van der Waals surface area contributed by atoms with E-state index in [9.17, 15) is 14.7 Å². The summed E-state index contributed by atoms with van der Waals surface area (Å²) < 4.78 is 18.5. The normalized spacial score (nSPS) is 11.6. The van der Waals surface area contributed by atoms with Crippen molar-refractivity contribution in [1.29, 1.82) is 0 Å². The molecular weight excluding hydrogens is 474 g/mol. The van der Waals surface area contributed by atoms with Gasteiger partial charge in [0, 0.05) is 13.6 Å². The first-order chi connectivity index (χ1) is 17.9. The standard InChI is InChI=1S/C28H29N3O6/c1-4-24(27(32)33)31(28(34)37-22-15-13-20(35-3)14-16-22)17-19-9-11-21(12-10-19)36-18-26-29-23-7-5-6-8-25(23)30(26)2/h5-16,24H,4,17-18H2,1-3H3,(H,32,33). The van der Waals surface area contributed by atoms with Crippen molar-refractivity contribution in [3.63, 3.8) is 0 Å². The van der Waals surface area contributed by atoms with Crippen molar-refractivity contribution < 1.29 is 28.9 Å². The zero-order valence-corrected chi connectivity index (χ0v) is 21.0. The lowest BCUT2D eigenvalue weighted by Gasteiger charge is -2.27. The largest absolute Gasteiger partial charge is 0.497 e. The molecule has 1 heterocycles. The van der Waals surface area contributed by atoms with E-state index in [1.165, 1.54) is 12.0 Å². The number of aliphatic carboxylic acids is 1. The number of rotatable bonds is 10. The minimum Gasteiger partial charge on any atom is -0.497 e. The van der Waals surface area contributed by atoms with Crippen LogP contribution in [0.3, 0.4) is 0 Å². The minimum atomic E-state index is -1.10. The summed E-state index contributed by atoms with van der Waals surface area (Å²) in [4.78, 5) is 30.7. The van der Waals surface area contributed by atoms with Crippen LogP contribution < -0.4 is 14.2 Å². The average molecular weight is 504 g/mol. The van der Waals surface area contributed by atoms with Crippen LogP contribution in [0.4, 0.5) is 4.79 Å². The van der Waals surface area contributed by atoms with Crippen LogP contribution in [0.5, 0.6) is 17.2 Å². The number of aromatic nitrogens is 2. The van der Waals surface area contributed by atoms with Crippen LogP contribution in [0, 0.1) is 0 Å². The van der Waals surface area contributed by atoms with Gasteiger partial charge in [0.05, 0.1) is 18.1 Å². The van der Waals surface area contributed by atoms with Gasteiger partial charge in [-0.15, -0.1) is 0 Å². The molecule has 0 aliphatic heterocycles. The summed E-state index contributed by atoms with van der Waals surface area (Å²) >= 11 is 0. The van der Waals surface area contributed by atoms with Gasteiger partial charge in [0.25, 0.3) is 0 Å². The quantitative estimate of drug-likeness (QED) is 0.324. The number of para-hydroxylation sites is 2. The molecule has 9 nitrogen and oxygen atoms in total. The molecule has 0 radical (unpaired) electrons. The topological polar surface area (TPSA) is 103 Å². The molecule has 0 aliphatic rings. The summed E-state index contributed by atoms with van der Waals surface area (Å²) in [5.74, 6) is 1.24. The molecule has 1 unspecified atom stereocenters. The maximum Gasteiger partial charge on any atom is 0.416 e. The molecule has 0 aliphatic carbocycles. The molecule has 1 aromatic heterocycles. The van der Waals surface area contributed by atoms with Crippen LogP contribution in [0.25, 0.3) is 11.0 Å². The van der Waals surface area contributed by atoms with E-state index in [0.29, 0.717) is 23.9 Å². The van der Waals surface area contributed by atoms with Crippen molar-refractivity contribution in [1.82, 2.24) is 14.5 Å². The average Bonchev–Trinajstić information content (AvgIpc) is 3.23. The second-order valence-corrected chi connectivity index (χ2v) is 8.44. The molecule has 4 aromatic rings. The van der Waals surface area contributed by atoms with Crippen molar-refractivity contribution in [3.05, 3.63) is 84.2 Å². The Bertz CT molecular complexity index is 1370. The fourth-order valence-electron chi connectivity index (χ4n) is 3.99. The van der Waals surface area contributed by atoms with E-state index in [1.54, 1.807) is 55.5 Å². The zero-order chi connectivity index (χ0) is 26.4. The summed E-state index contributed by atoms with van der Waals surface area (Å²) in [6.45, 7) is 2.07. The number of methoxy groups -OCH3 is 1. The molecule has 0 bridgehead atoms. The van der Waals surface area contributed by atoms with Crippen molar-refractivity contribution in [2.45, 2.75) is 32.5 Å². The molecule has 3 aromatic carbocycles. The molecule has 0 saturated heterocycles. The highest BCUT2D eigenvalue weighted by molar-refractivity contribution is 5.81. The lowest BCUT2D eigenvalue weighted by molar-refractivity contribution is -0.142. The Labute approximate surface area is 214 Å². The van der Waals surface area contributed by atoms with Crippen LogP contribution >= 0.6 is 0 Å². The first-order valence-electron chi connectivity index (χ1n) is 11.9.